The van der Waals surface area contributed by atoms with Crippen LogP contribution < -0.4 is 10.2 Å². The summed E-state index contributed by atoms with van der Waals surface area (Å²) < 4.78 is 4.80. The fraction of sp³-hybridized carbons (Fsp3) is 0.571. The van der Waals surface area contributed by atoms with E-state index in [0.29, 0.717) is 11.6 Å². The standard InChI is InChI=1S/C14H21N3O2/c1-9-7-12(17-6-5-15-10(2)8-17)16-11(3)13(9)14(18)19-4/h7,10,15H,5-6,8H2,1-4H3/t10-/m0/s1. The van der Waals surface area contributed by atoms with Crippen molar-refractivity contribution < 1.29 is 9.53 Å². The summed E-state index contributed by atoms with van der Waals surface area (Å²) in [5.74, 6) is 0.624. The number of piperazine rings is 1. The SMILES string of the molecule is COC(=O)c1c(C)cc(N2CCN[C@@H](C)C2)nc1C. The first-order valence-corrected chi connectivity index (χ1v) is 6.57. The Bertz CT molecular complexity index is 465. The molecule has 1 atom stereocenters. The van der Waals surface area contributed by atoms with Gasteiger partial charge in [0.05, 0.1) is 18.4 Å². The Morgan fingerprint density at radius 2 is 2.26 bits per heavy atom. The molecule has 0 bridgehead atoms. The van der Waals surface area contributed by atoms with Crippen LogP contribution in [0.2, 0.25) is 0 Å². The van der Waals surface area contributed by atoms with Gasteiger partial charge in [-0.05, 0) is 32.4 Å². The summed E-state index contributed by atoms with van der Waals surface area (Å²) in [6.45, 7) is 8.77. The Hall–Kier alpha value is -1.62. The molecule has 1 N–H and O–H groups in total. The zero-order valence-corrected chi connectivity index (χ0v) is 12.0. The second-order valence-electron chi connectivity index (χ2n) is 5.05. The summed E-state index contributed by atoms with van der Waals surface area (Å²) in [6, 6.07) is 2.42. The maximum atomic E-state index is 11.7. The smallest absolute Gasteiger partial charge is 0.339 e. The summed E-state index contributed by atoms with van der Waals surface area (Å²) in [5, 5.41) is 3.41. The van der Waals surface area contributed by atoms with Crippen LogP contribution in [0.4, 0.5) is 5.82 Å². The van der Waals surface area contributed by atoms with Gasteiger partial charge in [-0.3, -0.25) is 0 Å². The van der Waals surface area contributed by atoms with E-state index in [2.05, 4.69) is 22.1 Å². The third-order valence-electron chi connectivity index (χ3n) is 3.47. The average Bonchev–Trinajstić information content (AvgIpc) is 2.37. The molecule has 0 unspecified atom stereocenters. The van der Waals surface area contributed by atoms with Crippen LogP contribution >= 0.6 is 0 Å². The van der Waals surface area contributed by atoms with Crippen molar-refractivity contribution in [3.63, 3.8) is 0 Å². The number of rotatable bonds is 2. The molecule has 0 aliphatic carbocycles. The van der Waals surface area contributed by atoms with Gasteiger partial charge in [0.25, 0.3) is 0 Å². The lowest BCUT2D eigenvalue weighted by molar-refractivity contribution is 0.0598. The van der Waals surface area contributed by atoms with Crippen LogP contribution in [0.3, 0.4) is 0 Å². The largest absolute Gasteiger partial charge is 0.465 e. The highest BCUT2D eigenvalue weighted by atomic mass is 16.5. The minimum absolute atomic E-state index is 0.317. The molecule has 2 heterocycles. The molecular weight excluding hydrogens is 242 g/mol. The number of hydrogen-bond donors (Lipinski definition) is 1. The number of methoxy groups -OCH3 is 1. The molecule has 1 aliphatic rings. The average molecular weight is 263 g/mol. The maximum absolute atomic E-state index is 11.7. The van der Waals surface area contributed by atoms with Crippen LogP contribution in [-0.2, 0) is 4.74 Å². The number of ether oxygens (including phenoxy) is 1. The van der Waals surface area contributed by atoms with Gasteiger partial charge in [0.15, 0.2) is 0 Å². The molecule has 0 spiro atoms. The summed E-state index contributed by atoms with van der Waals surface area (Å²) in [5.41, 5.74) is 2.23. The van der Waals surface area contributed by atoms with E-state index >= 15 is 0 Å². The van der Waals surface area contributed by atoms with Crippen molar-refractivity contribution in [2.45, 2.75) is 26.8 Å². The van der Waals surface area contributed by atoms with Crippen LogP contribution in [-0.4, -0.2) is 43.7 Å². The van der Waals surface area contributed by atoms with Crippen molar-refractivity contribution in [2.75, 3.05) is 31.6 Å². The minimum atomic E-state index is -0.317. The molecule has 104 valence electrons. The van der Waals surface area contributed by atoms with Gasteiger partial charge in [-0.2, -0.15) is 0 Å². The Kier molecular flexibility index (Phi) is 4.04. The van der Waals surface area contributed by atoms with E-state index in [1.165, 1.54) is 7.11 Å². The molecule has 5 nitrogen and oxygen atoms in total. The van der Waals surface area contributed by atoms with Crippen molar-refractivity contribution in [2.24, 2.45) is 0 Å². The Balaban J connectivity index is 2.31. The zero-order chi connectivity index (χ0) is 14.0. The maximum Gasteiger partial charge on any atom is 0.339 e. The molecule has 1 aromatic rings. The van der Waals surface area contributed by atoms with Crippen LogP contribution in [0.15, 0.2) is 6.07 Å². The second-order valence-corrected chi connectivity index (χ2v) is 5.05. The summed E-state index contributed by atoms with van der Waals surface area (Å²) in [6.07, 6.45) is 0. The first kappa shape index (κ1) is 13.8. The van der Waals surface area contributed by atoms with Gasteiger partial charge < -0.3 is 15.0 Å². The van der Waals surface area contributed by atoms with Crippen molar-refractivity contribution in [3.8, 4) is 0 Å². The Labute approximate surface area is 114 Å². The van der Waals surface area contributed by atoms with Gasteiger partial charge in [0.1, 0.15) is 5.82 Å². The van der Waals surface area contributed by atoms with Crippen LogP contribution in [0, 0.1) is 13.8 Å². The number of aryl methyl sites for hydroxylation is 2. The van der Waals surface area contributed by atoms with E-state index in [1.54, 1.807) is 0 Å². The summed E-state index contributed by atoms with van der Waals surface area (Å²) in [7, 11) is 1.40. The lowest BCUT2D eigenvalue weighted by Gasteiger charge is -2.33. The molecule has 0 aromatic carbocycles. The molecule has 0 radical (unpaired) electrons. The van der Waals surface area contributed by atoms with Crippen LogP contribution in [0.25, 0.3) is 0 Å². The molecule has 1 fully saturated rings. The highest BCUT2D eigenvalue weighted by Crippen LogP contribution is 2.21. The number of anilines is 1. The van der Waals surface area contributed by atoms with Gasteiger partial charge in [0.2, 0.25) is 0 Å². The predicted octanol–water partition coefficient (Wildman–Crippen LogP) is 1.28. The van der Waals surface area contributed by atoms with Gasteiger partial charge in [0, 0.05) is 25.7 Å². The molecule has 2 rings (SSSR count). The number of hydrogen-bond acceptors (Lipinski definition) is 5. The normalized spacial score (nSPS) is 19.4. The number of aromatic nitrogens is 1. The number of nitrogens with one attached hydrogen (secondary N) is 1. The summed E-state index contributed by atoms with van der Waals surface area (Å²) in [4.78, 5) is 18.5. The molecule has 0 saturated carbocycles. The molecule has 19 heavy (non-hydrogen) atoms. The van der Waals surface area contributed by atoms with E-state index < -0.39 is 0 Å². The Morgan fingerprint density at radius 1 is 1.53 bits per heavy atom. The fourth-order valence-corrected chi connectivity index (χ4v) is 2.52. The van der Waals surface area contributed by atoms with Gasteiger partial charge >= 0.3 is 5.97 Å². The van der Waals surface area contributed by atoms with Gasteiger partial charge in [-0.1, -0.05) is 0 Å². The first-order chi connectivity index (χ1) is 9.02. The van der Waals surface area contributed by atoms with E-state index in [0.717, 1.165) is 36.7 Å². The number of carbonyl (C=O) groups is 1. The first-order valence-electron chi connectivity index (χ1n) is 6.57. The lowest BCUT2D eigenvalue weighted by Crippen LogP contribution is -2.49. The predicted molar refractivity (Wildman–Crippen MR) is 74.7 cm³/mol. The molecule has 0 amide bonds. The highest BCUT2D eigenvalue weighted by molar-refractivity contribution is 5.92. The van der Waals surface area contributed by atoms with E-state index in [4.69, 9.17) is 4.74 Å². The van der Waals surface area contributed by atoms with Crippen LogP contribution in [0.5, 0.6) is 0 Å². The van der Waals surface area contributed by atoms with Crippen LogP contribution in [0.1, 0.15) is 28.5 Å². The monoisotopic (exact) mass is 263 g/mol. The minimum Gasteiger partial charge on any atom is -0.465 e. The lowest BCUT2D eigenvalue weighted by atomic mass is 10.1. The fourth-order valence-electron chi connectivity index (χ4n) is 2.52. The quantitative estimate of drug-likeness (QED) is 0.815. The van der Waals surface area contributed by atoms with E-state index in [1.807, 2.05) is 19.9 Å². The van der Waals surface area contributed by atoms with Crippen molar-refractivity contribution in [3.05, 3.63) is 22.9 Å². The van der Waals surface area contributed by atoms with E-state index in [9.17, 15) is 4.79 Å². The van der Waals surface area contributed by atoms with Gasteiger partial charge in [-0.15, -0.1) is 0 Å². The number of carbonyl (C=O) groups excluding carboxylic acids is 1. The molecular formula is C14H21N3O2. The van der Waals surface area contributed by atoms with Crippen molar-refractivity contribution in [1.29, 1.82) is 0 Å². The third kappa shape index (κ3) is 2.87. The molecule has 1 aliphatic heterocycles. The second kappa shape index (κ2) is 5.57. The highest BCUT2D eigenvalue weighted by Gasteiger charge is 2.20. The van der Waals surface area contributed by atoms with Crippen molar-refractivity contribution >= 4 is 11.8 Å². The topological polar surface area (TPSA) is 54.5 Å². The number of pyridine rings is 1. The van der Waals surface area contributed by atoms with Crippen molar-refractivity contribution in [1.82, 2.24) is 10.3 Å². The summed E-state index contributed by atoms with van der Waals surface area (Å²) >= 11 is 0. The molecule has 5 heteroatoms. The van der Waals surface area contributed by atoms with E-state index in [-0.39, 0.29) is 5.97 Å². The number of esters is 1. The third-order valence-corrected chi connectivity index (χ3v) is 3.47. The molecule has 1 aromatic heterocycles. The zero-order valence-electron chi connectivity index (χ0n) is 12.0. The number of nitrogens with zero attached hydrogens (tertiary/aromatic N) is 2. The Morgan fingerprint density at radius 3 is 2.84 bits per heavy atom. The molecule has 1 saturated heterocycles. The van der Waals surface area contributed by atoms with Gasteiger partial charge in [-0.25, -0.2) is 9.78 Å².